The van der Waals surface area contributed by atoms with Gasteiger partial charge in [0.15, 0.2) is 11.6 Å². The van der Waals surface area contributed by atoms with Crippen LogP contribution in [-0.4, -0.2) is 42.1 Å². The van der Waals surface area contributed by atoms with Gasteiger partial charge in [-0.25, -0.2) is 14.2 Å². The Kier molecular flexibility index (Phi) is 4.79. The molecule has 0 unspecified atom stereocenters. The fraction of sp³-hybridized carbons (Fsp3) is 0.429. The van der Waals surface area contributed by atoms with Gasteiger partial charge in [0.25, 0.3) is 0 Å². The van der Waals surface area contributed by atoms with Gasteiger partial charge in [-0.3, -0.25) is 9.80 Å². The van der Waals surface area contributed by atoms with Gasteiger partial charge >= 0.3 is 6.03 Å². The van der Waals surface area contributed by atoms with Crippen molar-refractivity contribution in [3.63, 3.8) is 0 Å². The Morgan fingerprint density at radius 2 is 1.86 bits per heavy atom. The third-order valence-corrected chi connectivity index (χ3v) is 6.53. The minimum absolute atomic E-state index is 0.0336. The van der Waals surface area contributed by atoms with Crippen molar-refractivity contribution in [2.75, 3.05) is 25.5 Å². The molecule has 2 amide bonds. The van der Waals surface area contributed by atoms with E-state index in [0.717, 1.165) is 25.7 Å². The Labute approximate surface area is 169 Å². The number of carbonyl (C=O) groups is 1. The maximum Gasteiger partial charge on any atom is 0.323 e. The topological polar surface area (TPSA) is 48.5 Å². The highest BCUT2D eigenvalue weighted by Crippen LogP contribution is 2.46. The van der Waals surface area contributed by atoms with Crippen LogP contribution in [0.2, 0.25) is 5.02 Å². The Balaban J connectivity index is 1.56. The van der Waals surface area contributed by atoms with Crippen molar-refractivity contribution >= 4 is 23.4 Å². The quantitative estimate of drug-likeness (QED) is 0.838. The summed E-state index contributed by atoms with van der Waals surface area (Å²) < 4.78 is 14.3. The number of amides is 2. The lowest BCUT2D eigenvalue weighted by Crippen LogP contribution is -2.54. The Hall–Kier alpha value is -2.18. The molecule has 1 aliphatic heterocycles. The lowest BCUT2D eigenvalue weighted by molar-refractivity contribution is 0.0657. The van der Waals surface area contributed by atoms with E-state index in [2.05, 4.69) is 53.6 Å². The summed E-state index contributed by atoms with van der Waals surface area (Å²) in [5.41, 5.74) is 0.870. The fourth-order valence-electron chi connectivity index (χ4n) is 4.65. The number of anilines is 1. The van der Waals surface area contributed by atoms with Crippen molar-refractivity contribution in [2.24, 2.45) is 0 Å². The summed E-state index contributed by atoms with van der Waals surface area (Å²) in [5.74, 6) is -0.547. The molecule has 2 aliphatic rings. The zero-order chi connectivity index (χ0) is 19.9. The number of hydrogen-bond donors (Lipinski definition) is 1. The molecule has 1 aliphatic carbocycles. The highest BCUT2D eigenvalue weighted by molar-refractivity contribution is 6.30. The fourth-order valence-corrected chi connectivity index (χ4v) is 4.80. The van der Waals surface area contributed by atoms with E-state index in [1.54, 1.807) is 0 Å². The number of carbonyl (C=O) groups excluding carboxylic acids is 1. The van der Waals surface area contributed by atoms with Crippen LogP contribution < -0.4 is 10.2 Å². The van der Waals surface area contributed by atoms with Crippen LogP contribution in [-0.2, 0) is 5.54 Å². The molecule has 2 aromatic rings. The summed E-state index contributed by atoms with van der Waals surface area (Å²) in [7, 11) is 4.22. The second-order valence-corrected chi connectivity index (χ2v) is 8.48. The average molecular weight is 403 g/mol. The van der Waals surface area contributed by atoms with E-state index < -0.39 is 5.82 Å². The van der Waals surface area contributed by atoms with Crippen LogP contribution >= 0.6 is 11.6 Å². The average Bonchev–Trinajstić information content (AvgIpc) is 2.99. The lowest BCUT2D eigenvalue weighted by Gasteiger charge is -2.48. The summed E-state index contributed by atoms with van der Waals surface area (Å²) >= 11 is 5.80. The van der Waals surface area contributed by atoms with Crippen molar-refractivity contribution in [1.29, 1.82) is 0 Å². The number of nitrogens with zero attached hydrogens (tertiary/aromatic N) is 3. The molecule has 1 aromatic heterocycles. The summed E-state index contributed by atoms with van der Waals surface area (Å²) in [6.45, 7) is 0.412. The van der Waals surface area contributed by atoms with Crippen molar-refractivity contribution in [3.8, 4) is 0 Å². The molecule has 1 saturated carbocycles. The first-order valence-corrected chi connectivity index (χ1v) is 9.87. The van der Waals surface area contributed by atoms with Crippen LogP contribution in [0.5, 0.6) is 0 Å². The molecule has 1 N–H and O–H groups in total. The number of benzene rings is 1. The number of aromatic nitrogens is 1. The molecule has 28 heavy (non-hydrogen) atoms. The zero-order valence-electron chi connectivity index (χ0n) is 16.1. The van der Waals surface area contributed by atoms with E-state index in [1.165, 1.54) is 22.7 Å². The highest BCUT2D eigenvalue weighted by Gasteiger charge is 2.50. The van der Waals surface area contributed by atoms with Crippen LogP contribution in [0.3, 0.4) is 0 Å². The van der Waals surface area contributed by atoms with Crippen molar-refractivity contribution in [2.45, 2.75) is 36.8 Å². The molecule has 1 aromatic carbocycles. The van der Waals surface area contributed by atoms with E-state index in [4.69, 9.17) is 11.6 Å². The molecule has 5 nitrogen and oxygen atoms in total. The molecule has 1 spiro atoms. The second kappa shape index (κ2) is 7.01. The zero-order valence-corrected chi connectivity index (χ0v) is 16.8. The number of pyridine rings is 1. The number of halogens is 2. The standard InChI is InChI=1S/C21H24ClFN4O/c1-26(2)21(15-6-4-3-5-7-15)10-8-20(9-11-21)14-27(19(28)25-20)18-17(23)12-16(22)13-24-18/h3-7,12-13H,8-11,14H2,1-2H3,(H,25,28)/t20-,21-. The predicted molar refractivity (Wildman–Crippen MR) is 108 cm³/mol. The van der Waals surface area contributed by atoms with Crippen LogP contribution in [0.1, 0.15) is 31.2 Å². The largest absolute Gasteiger partial charge is 0.330 e. The molecule has 0 bridgehead atoms. The SMILES string of the molecule is CN(C)[C@]1(c2ccccc2)CC[C@@]2(CC1)CN(c1ncc(Cl)cc1F)C(=O)N2. The molecule has 0 radical (unpaired) electrons. The Morgan fingerprint density at radius 1 is 1.18 bits per heavy atom. The number of urea groups is 1. The summed E-state index contributed by atoms with van der Waals surface area (Å²) in [6.07, 6.45) is 4.82. The van der Waals surface area contributed by atoms with Crippen LogP contribution in [0.25, 0.3) is 0 Å². The molecular weight excluding hydrogens is 379 g/mol. The molecule has 1 saturated heterocycles. The van der Waals surface area contributed by atoms with Gasteiger partial charge in [-0.1, -0.05) is 41.9 Å². The maximum absolute atomic E-state index is 14.3. The molecule has 7 heteroatoms. The number of nitrogens with one attached hydrogen (secondary N) is 1. The number of rotatable bonds is 3. The smallest absolute Gasteiger partial charge is 0.323 e. The van der Waals surface area contributed by atoms with Gasteiger partial charge in [0, 0.05) is 11.7 Å². The van der Waals surface area contributed by atoms with E-state index in [1.807, 2.05) is 6.07 Å². The van der Waals surface area contributed by atoms with E-state index in [-0.39, 0.29) is 27.9 Å². The van der Waals surface area contributed by atoms with Gasteiger partial charge in [0.2, 0.25) is 0 Å². The van der Waals surface area contributed by atoms with E-state index in [0.29, 0.717) is 6.54 Å². The van der Waals surface area contributed by atoms with Gasteiger partial charge in [0.1, 0.15) is 0 Å². The highest BCUT2D eigenvalue weighted by atomic mass is 35.5. The van der Waals surface area contributed by atoms with E-state index >= 15 is 0 Å². The number of hydrogen-bond acceptors (Lipinski definition) is 3. The summed E-state index contributed by atoms with van der Waals surface area (Å²) in [6, 6.07) is 11.4. The molecule has 2 fully saturated rings. The minimum atomic E-state index is -0.581. The molecule has 4 rings (SSSR count). The molecule has 0 atom stereocenters. The predicted octanol–water partition coefficient (Wildman–Crippen LogP) is 4.17. The van der Waals surface area contributed by atoms with Gasteiger partial charge < -0.3 is 5.32 Å². The monoisotopic (exact) mass is 402 g/mol. The molecular formula is C21H24ClFN4O. The van der Waals surface area contributed by atoms with Crippen molar-refractivity contribution in [1.82, 2.24) is 15.2 Å². The van der Waals surface area contributed by atoms with Gasteiger partial charge in [0.05, 0.1) is 17.1 Å². The van der Waals surface area contributed by atoms with Crippen molar-refractivity contribution in [3.05, 3.63) is 59.0 Å². The van der Waals surface area contributed by atoms with Gasteiger partial charge in [-0.05, 0) is 51.4 Å². The summed E-state index contributed by atoms with van der Waals surface area (Å²) in [4.78, 5) is 20.3. The van der Waals surface area contributed by atoms with E-state index in [9.17, 15) is 9.18 Å². The second-order valence-electron chi connectivity index (χ2n) is 8.05. The lowest BCUT2D eigenvalue weighted by atomic mass is 9.69. The third kappa shape index (κ3) is 3.14. The molecule has 148 valence electrons. The van der Waals surface area contributed by atoms with Gasteiger partial charge in [-0.15, -0.1) is 0 Å². The molecule has 2 heterocycles. The Morgan fingerprint density at radius 3 is 2.46 bits per heavy atom. The first-order valence-electron chi connectivity index (χ1n) is 9.49. The first-order chi connectivity index (χ1) is 13.4. The van der Waals surface area contributed by atoms with Crippen LogP contribution in [0, 0.1) is 5.82 Å². The first kappa shape index (κ1) is 19.2. The maximum atomic E-state index is 14.3. The normalized spacial score (nSPS) is 27.5. The van der Waals surface area contributed by atoms with Crippen LogP contribution in [0.15, 0.2) is 42.6 Å². The van der Waals surface area contributed by atoms with Crippen molar-refractivity contribution < 1.29 is 9.18 Å². The van der Waals surface area contributed by atoms with Crippen LogP contribution in [0.4, 0.5) is 15.0 Å². The summed E-state index contributed by atoms with van der Waals surface area (Å²) in [5, 5.41) is 3.33. The van der Waals surface area contributed by atoms with Gasteiger partial charge in [-0.2, -0.15) is 0 Å². The third-order valence-electron chi connectivity index (χ3n) is 6.32. The Bertz CT molecular complexity index is 881. The minimum Gasteiger partial charge on any atom is -0.330 e.